The van der Waals surface area contributed by atoms with Crippen LogP contribution in [0.25, 0.3) is 0 Å². The maximum absolute atomic E-state index is 4.64. The van der Waals surface area contributed by atoms with E-state index in [0.717, 1.165) is 19.6 Å². The molecule has 1 saturated heterocycles. The van der Waals surface area contributed by atoms with Crippen molar-refractivity contribution in [2.24, 2.45) is 0 Å². The highest BCUT2D eigenvalue weighted by molar-refractivity contribution is 7.11. The first-order chi connectivity index (χ1) is 7.96. The number of nitrogens with one attached hydrogen (secondary N) is 1. The monoisotopic (exact) mass is 253 g/mol. The smallest absolute Gasteiger partial charge is 0.107 e. The summed E-state index contributed by atoms with van der Waals surface area (Å²) in [6.07, 6.45) is 1.23. The van der Waals surface area contributed by atoms with Gasteiger partial charge < -0.3 is 5.32 Å². The van der Waals surface area contributed by atoms with Gasteiger partial charge in [0.1, 0.15) is 5.01 Å². The molecule has 2 heterocycles. The number of aromatic nitrogens is 1. The third-order valence-electron chi connectivity index (χ3n) is 3.31. The van der Waals surface area contributed by atoms with Crippen LogP contribution in [0.4, 0.5) is 0 Å². The van der Waals surface area contributed by atoms with E-state index in [2.05, 4.69) is 42.9 Å². The van der Waals surface area contributed by atoms with Crippen molar-refractivity contribution in [1.29, 1.82) is 0 Å². The van der Waals surface area contributed by atoms with E-state index in [1.807, 2.05) is 11.3 Å². The SMILES string of the molecule is Cc1nc(CN2CCCNC(C)(C)C2)sc1C. The molecule has 1 aromatic rings. The van der Waals surface area contributed by atoms with Gasteiger partial charge in [0, 0.05) is 17.0 Å². The second-order valence-corrected chi connectivity index (χ2v) is 6.91. The Bertz CT molecular complexity index is 365. The molecule has 1 fully saturated rings. The fraction of sp³-hybridized carbons (Fsp3) is 0.769. The van der Waals surface area contributed by atoms with Gasteiger partial charge in [0.25, 0.3) is 0 Å². The molecule has 0 saturated carbocycles. The first-order valence-electron chi connectivity index (χ1n) is 6.36. The van der Waals surface area contributed by atoms with E-state index < -0.39 is 0 Å². The Balaban J connectivity index is 2.02. The largest absolute Gasteiger partial charge is 0.310 e. The van der Waals surface area contributed by atoms with Crippen molar-refractivity contribution in [3.63, 3.8) is 0 Å². The van der Waals surface area contributed by atoms with Crippen LogP contribution in [0.1, 0.15) is 35.8 Å². The average Bonchev–Trinajstić information content (AvgIpc) is 2.43. The summed E-state index contributed by atoms with van der Waals surface area (Å²) in [5.41, 5.74) is 1.41. The van der Waals surface area contributed by atoms with E-state index in [0.29, 0.717) is 0 Å². The van der Waals surface area contributed by atoms with Gasteiger partial charge >= 0.3 is 0 Å². The Morgan fingerprint density at radius 2 is 2.18 bits per heavy atom. The number of thiazole rings is 1. The van der Waals surface area contributed by atoms with Crippen LogP contribution in [0.5, 0.6) is 0 Å². The van der Waals surface area contributed by atoms with Gasteiger partial charge in [-0.3, -0.25) is 4.90 Å². The fourth-order valence-corrected chi connectivity index (χ4v) is 3.33. The molecule has 0 unspecified atom stereocenters. The van der Waals surface area contributed by atoms with Crippen molar-refractivity contribution in [2.45, 2.75) is 46.2 Å². The molecule has 4 heteroatoms. The lowest BCUT2D eigenvalue weighted by Gasteiger charge is -2.29. The van der Waals surface area contributed by atoms with Gasteiger partial charge in [-0.15, -0.1) is 11.3 Å². The molecule has 0 atom stereocenters. The minimum absolute atomic E-state index is 0.220. The molecule has 0 amide bonds. The lowest BCUT2D eigenvalue weighted by molar-refractivity contribution is 0.223. The van der Waals surface area contributed by atoms with Crippen molar-refractivity contribution in [3.8, 4) is 0 Å². The predicted octanol–water partition coefficient (Wildman–Crippen LogP) is 2.33. The van der Waals surface area contributed by atoms with Crippen LogP contribution < -0.4 is 5.32 Å². The topological polar surface area (TPSA) is 28.2 Å². The van der Waals surface area contributed by atoms with Gasteiger partial charge in [-0.25, -0.2) is 4.98 Å². The van der Waals surface area contributed by atoms with Crippen molar-refractivity contribution in [2.75, 3.05) is 19.6 Å². The fourth-order valence-electron chi connectivity index (χ4n) is 2.36. The van der Waals surface area contributed by atoms with Gasteiger partial charge in [0.05, 0.1) is 12.2 Å². The lowest BCUT2D eigenvalue weighted by atomic mass is 10.1. The maximum atomic E-state index is 4.64. The predicted molar refractivity (Wildman–Crippen MR) is 73.6 cm³/mol. The van der Waals surface area contributed by atoms with Crippen LogP contribution in [-0.2, 0) is 6.54 Å². The van der Waals surface area contributed by atoms with Crippen molar-refractivity contribution in [3.05, 3.63) is 15.6 Å². The zero-order chi connectivity index (χ0) is 12.5. The Labute approximate surface area is 108 Å². The molecule has 2 rings (SSSR count). The number of nitrogens with zero attached hydrogens (tertiary/aromatic N) is 2. The zero-order valence-electron chi connectivity index (χ0n) is 11.3. The summed E-state index contributed by atoms with van der Waals surface area (Å²) >= 11 is 1.84. The molecule has 1 aromatic heterocycles. The summed E-state index contributed by atoms with van der Waals surface area (Å²) < 4.78 is 0. The van der Waals surface area contributed by atoms with E-state index in [-0.39, 0.29) is 5.54 Å². The summed E-state index contributed by atoms with van der Waals surface area (Å²) in [6.45, 7) is 13.2. The van der Waals surface area contributed by atoms with Crippen LogP contribution in [0.3, 0.4) is 0 Å². The first kappa shape index (κ1) is 13.0. The number of hydrogen-bond acceptors (Lipinski definition) is 4. The molecular formula is C13H23N3S. The molecule has 3 nitrogen and oxygen atoms in total. The van der Waals surface area contributed by atoms with Gasteiger partial charge in [-0.1, -0.05) is 0 Å². The van der Waals surface area contributed by atoms with E-state index in [1.165, 1.54) is 28.5 Å². The molecule has 0 aliphatic carbocycles. The minimum atomic E-state index is 0.220. The van der Waals surface area contributed by atoms with Crippen LogP contribution in [0, 0.1) is 13.8 Å². The van der Waals surface area contributed by atoms with Gasteiger partial charge in [0.15, 0.2) is 0 Å². The minimum Gasteiger partial charge on any atom is -0.310 e. The van der Waals surface area contributed by atoms with Crippen molar-refractivity contribution >= 4 is 11.3 Å². The molecule has 0 radical (unpaired) electrons. The van der Waals surface area contributed by atoms with Crippen LogP contribution in [0.15, 0.2) is 0 Å². The van der Waals surface area contributed by atoms with E-state index in [4.69, 9.17) is 0 Å². The third-order valence-corrected chi connectivity index (χ3v) is 4.36. The summed E-state index contributed by atoms with van der Waals surface area (Å²) in [7, 11) is 0. The Hall–Kier alpha value is -0.450. The Morgan fingerprint density at radius 1 is 1.41 bits per heavy atom. The molecular weight excluding hydrogens is 230 g/mol. The lowest BCUT2D eigenvalue weighted by Crippen LogP contribution is -2.46. The van der Waals surface area contributed by atoms with Crippen LogP contribution >= 0.6 is 11.3 Å². The zero-order valence-corrected chi connectivity index (χ0v) is 12.2. The second kappa shape index (κ2) is 5.04. The van der Waals surface area contributed by atoms with Crippen LogP contribution in [-0.4, -0.2) is 35.1 Å². The van der Waals surface area contributed by atoms with Crippen LogP contribution in [0.2, 0.25) is 0 Å². The van der Waals surface area contributed by atoms with E-state index >= 15 is 0 Å². The molecule has 17 heavy (non-hydrogen) atoms. The number of hydrogen-bond donors (Lipinski definition) is 1. The molecule has 96 valence electrons. The molecule has 0 spiro atoms. The average molecular weight is 253 g/mol. The highest BCUT2D eigenvalue weighted by Gasteiger charge is 2.24. The second-order valence-electron chi connectivity index (χ2n) is 5.62. The highest BCUT2D eigenvalue weighted by atomic mass is 32.1. The molecule has 1 aliphatic heterocycles. The molecule has 1 N–H and O–H groups in total. The van der Waals surface area contributed by atoms with Gasteiger partial charge in [-0.2, -0.15) is 0 Å². The van der Waals surface area contributed by atoms with E-state index in [1.54, 1.807) is 0 Å². The van der Waals surface area contributed by atoms with Crippen molar-refractivity contribution in [1.82, 2.24) is 15.2 Å². The first-order valence-corrected chi connectivity index (χ1v) is 7.18. The normalized spacial score (nSPS) is 21.4. The summed E-state index contributed by atoms with van der Waals surface area (Å²) in [4.78, 5) is 8.52. The maximum Gasteiger partial charge on any atom is 0.107 e. The number of rotatable bonds is 2. The van der Waals surface area contributed by atoms with Gasteiger partial charge in [0.2, 0.25) is 0 Å². The summed E-state index contributed by atoms with van der Waals surface area (Å²) in [5.74, 6) is 0. The third kappa shape index (κ3) is 3.50. The van der Waals surface area contributed by atoms with E-state index in [9.17, 15) is 0 Å². The quantitative estimate of drug-likeness (QED) is 0.877. The number of aryl methyl sites for hydroxylation is 2. The standard InChI is InChI=1S/C13H23N3S/c1-10-11(2)17-12(15-10)8-16-7-5-6-14-13(3,4)9-16/h14H,5-9H2,1-4H3. The summed E-state index contributed by atoms with van der Waals surface area (Å²) in [5, 5.41) is 4.86. The van der Waals surface area contributed by atoms with Gasteiger partial charge in [-0.05, 0) is 47.2 Å². The highest BCUT2D eigenvalue weighted by Crippen LogP contribution is 2.20. The Morgan fingerprint density at radius 3 is 2.82 bits per heavy atom. The Kier molecular flexibility index (Phi) is 3.85. The summed E-state index contributed by atoms with van der Waals surface area (Å²) in [6, 6.07) is 0. The molecule has 0 bridgehead atoms. The molecule has 1 aliphatic rings. The molecule has 0 aromatic carbocycles. The van der Waals surface area contributed by atoms with Crippen molar-refractivity contribution < 1.29 is 0 Å².